The first-order valence-electron chi connectivity index (χ1n) is 11.4. The predicted octanol–water partition coefficient (Wildman–Crippen LogP) is 6.97. The second-order valence-corrected chi connectivity index (χ2v) is 9.45. The molecule has 2 aromatic rings. The molecule has 0 saturated heterocycles. The van der Waals surface area contributed by atoms with E-state index in [0.29, 0.717) is 24.7 Å². The van der Waals surface area contributed by atoms with Crippen LogP contribution in [0.25, 0.3) is 0 Å². The normalized spacial score (nSPS) is 19.3. The van der Waals surface area contributed by atoms with Gasteiger partial charge in [-0.25, -0.2) is 0 Å². The van der Waals surface area contributed by atoms with Crippen LogP contribution in [0, 0.1) is 50.7 Å². The molecule has 4 nitrogen and oxygen atoms in total. The molecule has 2 aromatic carbocycles. The first kappa shape index (κ1) is 23.8. The van der Waals surface area contributed by atoms with Crippen LogP contribution in [0.2, 0.25) is 0 Å². The van der Waals surface area contributed by atoms with Crippen LogP contribution >= 0.6 is 0 Å². The Morgan fingerprint density at radius 2 is 1.06 bits per heavy atom. The monoisotopic (exact) mass is 432 g/mol. The highest BCUT2D eigenvalue weighted by Gasteiger charge is 2.52. The average Bonchev–Trinajstić information content (AvgIpc) is 2.84. The quantitative estimate of drug-likeness (QED) is 0.487. The molecule has 0 bridgehead atoms. The van der Waals surface area contributed by atoms with Gasteiger partial charge < -0.3 is 0 Å². The molecule has 0 aromatic heterocycles. The first-order valence-corrected chi connectivity index (χ1v) is 11.4. The third-order valence-electron chi connectivity index (χ3n) is 6.96. The lowest BCUT2D eigenvalue weighted by atomic mass is 9.56. The zero-order valence-corrected chi connectivity index (χ0v) is 19.6. The van der Waals surface area contributed by atoms with Gasteiger partial charge in [-0.05, 0) is 52.5 Å². The number of rotatable bonds is 4. The van der Waals surface area contributed by atoms with Crippen molar-refractivity contribution < 1.29 is 0 Å². The molecular weight excluding hydrogens is 404 g/mol. The number of allylic oxidation sites excluding steroid dienone is 2. The summed E-state index contributed by atoms with van der Waals surface area (Å²) >= 11 is 0. The first-order chi connectivity index (χ1) is 15.8. The van der Waals surface area contributed by atoms with Gasteiger partial charge >= 0.3 is 0 Å². The SMILES string of the molecule is CC(C)c1ccc([C@H]2CC(=C(C#N)C#N)C[C@@H](c3ccc(C(C)C)cc3)C2(C#N)C#N)cc1. The van der Waals surface area contributed by atoms with Gasteiger partial charge in [0.25, 0.3) is 0 Å². The summed E-state index contributed by atoms with van der Waals surface area (Å²) < 4.78 is 0. The topological polar surface area (TPSA) is 95.2 Å². The maximum Gasteiger partial charge on any atom is 0.158 e. The van der Waals surface area contributed by atoms with Gasteiger partial charge in [0, 0.05) is 11.8 Å². The zero-order chi connectivity index (χ0) is 24.2. The Labute approximate surface area is 197 Å². The summed E-state index contributed by atoms with van der Waals surface area (Å²) in [5.41, 5.74) is 3.64. The third kappa shape index (κ3) is 4.40. The van der Waals surface area contributed by atoms with Crippen LogP contribution in [0.3, 0.4) is 0 Å². The Morgan fingerprint density at radius 1 is 0.697 bits per heavy atom. The summed E-state index contributed by atoms with van der Waals surface area (Å²) in [7, 11) is 0. The summed E-state index contributed by atoms with van der Waals surface area (Å²) in [5.74, 6) is -0.144. The lowest BCUT2D eigenvalue weighted by Gasteiger charge is -2.42. The van der Waals surface area contributed by atoms with Gasteiger partial charge in [-0.3, -0.25) is 0 Å². The zero-order valence-electron chi connectivity index (χ0n) is 19.6. The van der Waals surface area contributed by atoms with E-state index in [9.17, 15) is 21.0 Å². The Kier molecular flexibility index (Phi) is 7.02. The molecule has 4 heteroatoms. The van der Waals surface area contributed by atoms with E-state index in [1.807, 2.05) is 60.7 Å². The lowest BCUT2D eigenvalue weighted by molar-refractivity contribution is 0.289. The number of hydrogen-bond donors (Lipinski definition) is 0. The van der Waals surface area contributed by atoms with Gasteiger partial charge in [0.2, 0.25) is 0 Å². The van der Waals surface area contributed by atoms with Gasteiger partial charge in [0.1, 0.15) is 17.7 Å². The van der Waals surface area contributed by atoms with Crippen molar-refractivity contribution in [3.8, 4) is 24.3 Å². The van der Waals surface area contributed by atoms with E-state index in [-0.39, 0.29) is 5.57 Å². The van der Waals surface area contributed by atoms with Crippen molar-refractivity contribution in [3.05, 3.63) is 81.9 Å². The molecule has 0 radical (unpaired) electrons. The van der Waals surface area contributed by atoms with Gasteiger partial charge in [0.05, 0.1) is 12.1 Å². The van der Waals surface area contributed by atoms with E-state index in [0.717, 1.165) is 16.7 Å². The Hall–Kier alpha value is -3.86. The van der Waals surface area contributed by atoms with Gasteiger partial charge in [0.15, 0.2) is 5.41 Å². The Bertz CT molecular complexity index is 1110. The average molecular weight is 433 g/mol. The molecule has 1 aliphatic carbocycles. The molecule has 0 N–H and O–H groups in total. The van der Waals surface area contributed by atoms with E-state index in [1.165, 1.54) is 11.1 Å². The fourth-order valence-electron chi connectivity index (χ4n) is 4.85. The van der Waals surface area contributed by atoms with Crippen LogP contribution < -0.4 is 0 Å². The van der Waals surface area contributed by atoms with E-state index in [4.69, 9.17) is 0 Å². The fraction of sp³-hybridized carbons (Fsp3) is 0.379. The minimum absolute atomic E-state index is 0.0899. The number of nitriles is 4. The molecule has 3 rings (SSSR count). The maximum atomic E-state index is 10.4. The van der Waals surface area contributed by atoms with Crippen molar-refractivity contribution in [2.24, 2.45) is 5.41 Å². The molecule has 1 saturated carbocycles. The number of hydrogen-bond acceptors (Lipinski definition) is 4. The number of nitrogens with zero attached hydrogens (tertiary/aromatic N) is 4. The van der Waals surface area contributed by atoms with Crippen LogP contribution in [-0.2, 0) is 0 Å². The minimum Gasteiger partial charge on any atom is -0.197 e. The Balaban J connectivity index is 2.21. The fourth-order valence-corrected chi connectivity index (χ4v) is 4.85. The highest BCUT2D eigenvalue weighted by molar-refractivity contribution is 5.49. The Morgan fingerprint density at radius 3 is 1.33 bits per heavy atom. The van der Waals surface area contributed by atoms with Gasteiger partial charge in [-0.15, -0.1) is 0 Å². The van der Waals surface area contributed by atoms with Gasteiger partial charge in [-0.2, -0.15) is 21.0 Å². The predicted molar refractivity (Wildman–Crippen MR) is 128 cm³/mol. The van der Waals surface area contributed by atoms with Crippen molar-refractivity contribution >= 4 is 0 Å². The van der Waals surface area contributed by atoms with Crippen LogP contribution in [-0.4, -0.2) is 0 Å². The second kappa shape index (κ2) is 9.74. The largest absolute Gasteiger partial charge is 0.197 e. The van der Waals surface area contributed by atoms with E-state index in [1.54, 1.807) is 0 Å². The van der Waals surface area contributed by atoms with Crippen LogP contribution in [0.5, 0.6) is 0 Å². The maximum absolute atomic E-state index is 10.4. The molecule has 164 valence electrons. The van der Waals surface area contributed by atoms with Crippen LogP contribution in [0.4, 0.5) is 0 Å². The van der Waals surface area contributed by atoms with Crippen molar-refractivity contribution in [2.45, 2.75) is 64.2 Å². The molecule has 0 amide bonds. The minimum atomic E-state index is -1.31. The molecule has 0 spiro atoms. The van der Waals surface area contributed by atoms with Crippen molar-refractivity contribution in [2.75, 3.05) is 0 Å². The highest BCUT2D eigenvalue weighted by atomic mass is 14.5. The summed E-state index contributed by atoms with van der Waals surface area (Å²) in [6.07, 6.45) is 0.693. The second-order valence-electron chi connectivity index (χ2n) is 9.45. The summed E-state index contributed by atoms with van der Waals surface area (Å²) in [5, 5.41) is 40.0. The van der Waals surface area contributed by atoms with Gasteiger partial charge in [-0.1, -0.05) is 76.2 Å². The summed E-state index contributed by atoms with van der Waals surface area (Å²) in [6, 6.07) is 25.0. The molecule has 33 heavy (non-hydrogen) atoms. The van der Waals surface area contributed by atoms with Crippen LogP contribution in [0.15, 0.2) is 59.7 Å². The lowest BCUT2D eigenvalue weighted by Crippen LogP contribution is -2.37. The molecule has 1 aliphatic rings. The summed E-state index contributed by atoms with van der Waals surface area (Å²) in [6.45, 7) is 8.48. The number of benzene rings is 2. The molecule has 0 heterocycles. The highest BCUT2D eigenvalue weighted by Crippen LogP contribution is 2.56. The standard InChI is InChI=1S/C29H28N4/c1-19(2)21-5-9-23(10-6-21)27-13-25(26(15-30)16-31)14-28(29(27,17-32)18-33)24-11-7-22(8-12-24)20(3)4/h5-12,19-20,27-28H,13-14H2,1-4H3/t27-,28+. The van der Waals surface area contributed by atoms with Crippen molar-refractivity contribution in [1.82, 2.24) is 0 Å². The van der Waals surface area contributed by atoms with E-state index in [2.05, 4.69) is 39.8 Å². The van der Waals surface area contributed by atoms with Crippen LogP contribution in [0.1, 0.15) is 86.5 Å². The van der Waals surface area contributed by atoms with Crippen molar-refractivity contribution in [3.63, 3.8) is 0 Å². The van der Waals surface area contributed by atoms with E-state index < -0.39 is 17.3 Å². The molecular formula is C29H28N4. The molecule has 0 unspecified atom stereocenters. The molecule has 1 fully saturated rings. The smallest absolute Gasteiger partial charge is 0.158 e. The van der Waals surface area contributed by atoms with E-state index >= 15 is 0 Å². The summed E-state index contributed by atoms with van der Waals surface area (Å²) in [4.78, 5) is 0. The molecule has 0 aliphatic heterocycles. The third-order valence-corrected chi connectivity index (χ3v) is 6.96. The molecule has 2 atom stereocenters. The van der Waals surface area contributed by atoms with Crippen molar-refractivity contribution in [1.29, 1.82) is 21.0 Å².